The first-order valence-corrected chi connectivity index (χ1v) is 25.5. The van der Waals surface area contributed by atoms with Crippen LogP contribution in [0, 0.1) is 39.0 Å². The number of thiophene rings is 4. The molecular formula is C47H51N3O4S4Si. The summed E-state index contributed by atoms with van der Waals surface area (Å²) in [6.07, 6.45) is 2.35. The second kappa shape index (κ2) is 18.6. The highest BCUT2D eigenvalue weighted by molar-refractivity contribution is 7.29. The van der Waals surface area contributed by atoms with Gasteiger partial charge < -0.3 is 23.2 Å². The third-order valence-corrected chi connectivity index (χ3v) is 19.1. The first-order chi connectivity index (χ1) is 28.5. The van der Waals surface area contributed by atoms with Crippen LogP contribution in [0.3, 0.4) is 0 Å². The summed E-state index contributed by atoms with van der Waals surface area (Å²) in [6.45, 7) is 19.5. The van der Waals surface area contributed by atoms with Crippen LogP contribution in [0.5, 0.6) is 0 Å². The van der Waals surface area contributed by atoms with Gasteiger partial charge in [-0.2, -0.15) is 5.26 Å². The van der Waals surface area contributed by atoms with Crippen molar-refractivity contribution in [2.24, 2.45) is 0 Å². The smallest absolute Gasteiger partial charge is 0.374 e. The van der Waals surface area contributed by atoms with Gasteiger partial charge in [0.05, 0.1) is 0 Å². The van der Waals surface area contributed by atoms with E-state index in [1.807, 2.05) is 61.7 Å². The maximum atomic E-state index is 13.1. The van der Waals surface area contributed by atoms with Gasteiger partial charge in [0, 0.05) is 99.8 Å². The number of aromatic nitrogens is 1. The standard InChI is InChI=1S/C47H51N3O4S4Si/c1-9-50-37-17-14-13-16-35(37)36-26-33(18-19-38(36)50)40-23-30(6)45(56-40)42-25-32(8)46(58-42)43-24-31(7)44(57-43)41-22-29(5)39(55-41)27-34(28-48)47(51)49-20-15-21-59(52-10-2,53-11-3)54-12-4/h13-14,16-19,22-27H,9-12,15,20-21H2,1-8H3,(H,49,51)/b34-27+. The minimum atomic E-state index is -2.80. The van der Waals surface area contributed by atoms with Crippen LogP contribution in [0.4, 0.5) is 0 Å². The molecule has 7 rings (SSSR count). The van der Waals surface area contributed by atoms with Gasteiger partial charge in [0.2, 0.25) is 0 Å². The molecule has 0 atom stereocenters. The fourth-order valence-corrected chi connectivity index (χ4v) is 15.5. The first-order valence-electron chi connectivity index (χ1n) is 20.3. The van der Waals surface area contributed by atoms with Crippen LogP contribution < -0.4 is 5.32 Å². The Kier molecular flexibility index (Phi) is 13.6. The van der Waals surface area contributed by atoms with Crippen molar-refractivity contribution in [3.8, 4) is 45.8 Å². The Hall–Kier alpha value is -4.16. The van der Waals surface area contributed by atoms with Crippen LogP contribution in [-0.4, -0.2) is 45.6 Å². The van der Waals surface area contributed by atoms with E-state index in [9.17, 15) is 10.1 Å². The van der Waals surface area contributed by atoms with Crippen LogP contribution in [0.15, 0.2) is 72.3 Å². The number of fused-ring (bicyclic) bond motifs is 3. The van der Waals surface area contributed by atoms with Crippen LogP contribution in [0.25, 0.3) is 67.6 Å². The number of nitrogens with one attached hydrogen (secondary N) is 1. The van der Waals surface area contributed by atoms with Gasteiger partial charge in [0.15, 0.2) is 0 Å². The molecule has 2 aromatic carbocycles. The van der Waals surface area contributed by atoms with Gasteiger partial charge in [-0.05, 0) is 138 Å². The SMILES string of the molecule is CCO[Si](CCCNC(=O)/C(C#N)=C/c1sc(-c2sc(-c3sc(-c4sc(-c5ccc6c(c5)c5ccccc5n6CC)cc4C)cc3C)cc2C)cc1C)(OCC)OCC. The Balaban J connectivity index is 1.07. The van der Waals surface area contributed by atoms with Gasteiger partial charge >= 0.3 is 8.80 Å². The Morgan fingerprint density at radius 3 is 1.85 bits per heavy atom. The zero-order chi connectivity index (χ0) is 41.8. The predicted molar refractivity (Wildman–Crippen MR) is 254 cm³/mol. The van der Waals surface area contributed by atoms with Crippen LogP contribution in [0.2, 0.25) is 6.04 Å². The molecule has 59 heavy (non-hydrogen) atoms. The van der Waals surface area contributed by atoms with E-state index in [0.29, 0.717) is 38.8 Å². The molecule has 0 aliphatic heterocycles. The van der Waals surface area contributed by atoms with Crippen molar-refractivity contribution < 1.29 is 18.1 Å². The molecule has 1 N–H and O–H groups in total. The lowest BCUT2D eigenvalue weighted by Gasteiger charge is -2.28. The molecule has 0 fully saturated rings. The van der Waals surface area contributed by atoms with Crippen molar-refractivity contribution in [2.75, 3.05) is 26.4 Å². The Morgan fingerprint density at radius 1 is 0.712 bits per heavy atom. The largest absolute Gasteiger partial charge is 0.500 e. The minimum absolute atomic E-state index is 0.0893. The van der Waals surface area contributed by atoms with Crippen molar-refractivity contribution in [3.63, 3.8) is 0 Å². The van der Waals surface area contributed by atoms with E-state index in [1.54, 1.807) is 17.4 Å². The van der Waals surface area contributed by atoms with E-state index in [4.69, 9.17) is 13.3 Å². The maximum absolute atomic E-state index is 13.1. The second-order valence-corrected chi connectivity index (χ2v) is 21.5. The zero-order valence-electron chi connectivity index (χ0n) is 35.0. The van der Waals surface area contributed by atoms with E-state index in [-0.39, 0.29) is 11.5 Å². The summed E-state index contributed by atoms with van der Waals surface area (Å²) < 4.78 is 20.2. The molecule has 0 spiro atoms. The maximum Gasteiger partial charge on any atom is 0.500 e. The number of amides is 1. The number of carbonyl (C=O) groups is 1. The normalized spacial score (nSPS) is 12.2. The molecule has 0 unspecified atom stereocenters. The highest BCUT2D eigenvalue weighted by atomic mass is 32.1. The third kappa shape index (κ3) is 8.85. The lowest BCUT2D eigenvalue weighted by Crippen LogP contribution is -2.46. The fraction of sp³-hybridized carbons (Fsp3) is 0.319. The Labute approximate surface area is 364 Å². The third-order valence-electron chi connectivity index (χ3n) is 10.4. The molecule has 5 heterocycles. The first kappa shape index (κ1) is 42.9. The number of aryl methyl sites for hydroxylation is 5. The lowest BCUT2D eigenvalue weighted by atomic mass is 10.1. The Bertz CT molecular complexity index is 2690. The van der Waals surface area contributed by atoms with Crippen LogP contribution >= 0.6 is 45.3 Å². The van der Waals surface area contributed by atoms with Crippen molar-refractivity contribution >= 4 is 87.9 Å². The monoisotopic (exact) mass is 877 g/mol. The quantitative estimate of drug-likeness (QED) is 0.0426. The van der Waals surface area contributed by atoms with Crippen molar-refractivity contribution in [1.29, 1.82) is 5.26 Å². The highest BCUT2D eigenvalue weighted by Crippen LogP contribution is 2.49. The molecular weight excluding hydrogens is 827 g/mol. The van der Waals surface area contributed by atoms with Crippen LogP contribution in [-0.2, 0) is 24.6 Å². The van der Waals surface area contributed by atoms with Crippen molar-refractivity contribution in [1.82, 2.24) is 9.88 Å². The van der Waals surface area contributed by atoms with E-state index in [1.165, 1.54) is 73.3 Å². The number of nitrogens with zero attached hydrogens (tertiary/aromatic N) is 2. The molecule has 0 aliphatic carbocycles. The number of nitriles is 1. The fourth-order valence-electron chi connectivity index (χ4n) is 7.73. The van der Waals surface area contributed by atoms with Gasteiger partial charge in [-0.3, -0.25) is 4.79 Å². The molecule has 7 aromatic rings. The summed E-state index contributed by atoms with van der Waals surface area (Å²) in [5, 5.41) is 15.5. The molecule has 7 nitrogen and oxygen atoms in total. The van der Waals surface area contributed by atoms with Gasteiger partial charge in [0.25, 0.3) is 5.91 Å². The molecule has 12 heteroatoms. The number of hydrogen-bond acceptors (Lipinski definition) is 9. The van der Waals surface area contributed by atoms with Crippen LogP contribution in [0.1, 0.15) is 61.2 Å². The number of rotatable bonds is 17. The zero-order valence-corrected chi connectivity index (χ0v) is 39.3. The number of benzene rings is 2. The second-order valence-electron chi connectivity index (χ2n) is 14.5. The minimum Gasteiger partial charge on any atom is -0.374 e. The van der Waals surface area contributed by atoms with E-state index in [0.717, 1.165) is 21.9 Å². The summed E-state index contributed by atoms with van der Waals surface area (Å²) in [4.78, 5) is 22.8. The van der Waals surface area contributed by atoms with E-state index < -0.39 is 8.80 Å². The molecule has 5 aromatic heterocycles. The molecule has 0 bridgehead atoms. The van der Waals surface area contributed by atoms with Crippen molar-refractivity contribution in [2.45, 2.75) is 74.4 Å². The molecule has 0 saturated heterocycles. The van der Waals surface area contributed by atoms with Gasteiger partial charge in [0.1, 0.15) is 11.6 Å². The summed E-state index contributed by atoms with van der Waals surface area (Å²) in [7, 11) is -2.80. The topological polar surface area (TPSA) is 85.5 Å². The average Bonchev–Trinajstić information content (AvgIpc) is 4.05. The number of carbonyl (C=O) groups excluding carboxylic acids is 1. The number of hydrogen-bond donors (Lipinski definition) is 1. The van der Waals surface area contributed by atoms with Gasteiger partial charge in [-0.1, -0.05) is 24.3 Å². The molecule has 0 saturated carbocycles. The summed E-state index contributed by atoms with van der Waals surface area (Å²) in [6, 6.07) is 27.5. The van der Waals surface area contributed by atoms with Crippen molar-refractivity contribution in [3.05, 3.63) is 99.4 Å². The van der Waals surface area contributed by atoms with Gasteiger partial charge in [-0.25, -0.2) is 0 Å². The molecule has 1 amide bonds. The summed E-state index contributed by atoms with van der Waals surface area (Å²) >= 11 is 7.17. The lowest BCUT2D eigenvalue weighted by molar-refractivity contribution is -0.117. The highest BCUT2D eigenvalue weighted by Gasteiger charge is 2.39. The molecule has 0 radical (unpaired) electrons. The molecule has 0 aliphatic rings. The van der Waals surface area contributed by atoms with E-state index in [2.05, 4.69) is 110 Å². The van der Waals surface area contributed by atoms with E-state index >= 15 is 0 Å². The van der Waals surface area contributed by atoms with Gasteiger partial charge in [-0.15, -0.1) is 45.3 Å². The average molecular weight is 878 g/mol. The summed E-state index contributed by atoms with van der Waals surface area (Å²) in [5.41, 5.74) is 8.74. The summed E-state index contributed by atoms with van der Waals surface area (Å²) in [5.74, 6) is -0.383. The number of para-hydroxylation sites is 1. The Morgan fingerprint density at radius 2 is 1.25 bits per heavy atom. The molecule has 306 valence electrons. The predicted octanol–water partition coefficient (Wildman–Crippen LogP) is 13.4.